The summed E-state index contributed by atoms with van der Waals surface area (Å²) in [6.45, 7) is 11.6. The first-order valence-electron chi connectivity index (χ1n) is 6.69. The molecular formula is C13H22N4OS. The zero-order valence-electron chi connectivity index (χ0n) is 12.2. The Morgan fingerprint density at radius 1 is 1.26 bits per heavy atom. The van der Waals surface area contributed by atoms with Crippen LogP contribution in [-0.4, -0.2) is 28.7 Å². The van der Waals surface area contributed by atoms with Gasteiger partial charge in [0.15, 0.2) is 0 Å². The molecule has 0 saturated heterocycles. The van der Waals surface area contributed by atoms with E-state index in [0.717, 1.165) is 13.0 Å². The van der Waals surface area contributed by atoms with Crippen molar-refractivity contribution in [2.24, 2.45) is 10.8 Å². The van der Waals surface area contributed by atoms with Crippen LogP contribution in [0.25, 0.3) is 0 Å². The fourth-order valence-electron chi connectivity index (χ4n) is 2.37. The molecular weight excluding hydrogens is 260 g/mol. The van der Waals surface area contributed by atoms with E-state index in [9.17, 15) is 4.79 Å². The number of rotatable bonds is 5. The molecule has 1 aliphatic rings. The van der Waals surface area contributed by atoms with E-state index >= 15 is 0 Å². The molecule has 0 radical (unpaired) electrons. The Balaban J connectivity index is 1.96. The van der Waals surface area contributed by atoms with Crippen LogP contribution < -0.4 is 10.6 Å². The largest absolute Gasteiger partial charge is 0.360 e. The summed E-state index contributed by atoms with van der Waals surface area (Å²) in [5, 5.41) is 15.2. The summed E-state index contributed by atoms with van der Waals surface area (Å²) in [4.78, 5) is 12.1. The van der Waals surface area contributed by atoms with Gasteiger partial charge in [0.2, 0.25) is 10.1 Å². The van der Waals surface area contributed by atoms with Gasteiger partial charge < -0.3 is 10.6 Å². The highest BCUT2D eigenvalue weighted by Crippen LogP contribution is 2.62. The summed E-state index contributed by atoms with van der Waals surface area (Å²) < 4.78 is 0. The average molecular weight is 282 g/mol. The molecule has 0 bridgehead atoms. The fraction of sp³-hybridized carbons (Fsp3) is 0.769. The van der Waals surface area contributed by atoms with Gasteiger partial charge in [-0.2, -0.15) is 0 Å². The minimum absolute atomic E-state index is 0.120. The Kier molecular flexibility index (Phi) is 3.55. The highest BCUT2D eigenvalue weighted by molar-refractivity contribution is 7.17. The molecule has 6 heteroatoms. The lowest BCUT2D eigenvalue weighted by atomic mass is 10.0. The second kappa shape index (κ2) is 4.74. The molecule has 2 rings (SSSR count). The van der Waals surface area contributed by atoms with Gasteiger partial charge in [0.1, 0.15) is 0 Å². The molecule has 2 N–H and O–H groups in total. The summed E-state index contributed by atoms with van der Waals surface area (Å²) in [5.74, 6) is -0.120. The molecule has 0 spiro atoms. The van der Waals surface area contributed by atoms with Gasteiger partial charge >= 0.3 is 0 Å². The molecule has 1 aromatic heterocycles. The van der Waals surface area contributed by atoms with E-state index < -0.39 is 0 Å². The molecule has 1 heterocycles. The van der Waals surface area contributed by atoms with Crippen LogP contribution in [0.4, 0.5) is 5.13 Å². The van der Waals surface area contributed by atoms with E-state index in [-0.39, 0.29) is 22.8 Å². The first kappa shape index (κ1) is 14.2. The fourth-order valence-corrected chi connectivity index (χ4v) is 3.04. The molecule has 0 unspecified atom stereocenters. The zero-order chi connectivity index (χ0) is 14.3. The van der Waals surface area contributed by atoms with Gasteiger partial charge in [-0.1, -0.05) is 46.0 Å². The van der Waals surface area contributed by atoms with Crippen molar-refractivity contribution in [3.05, 3.63) is 5.01 Å². The standard InChI is InChI=1S/C13H22N4OS/c1-6-7-14-11-17-16-9(19-11)8(18)15-10-12(2,3)13(10,4)5/h10H,6-7H2,1-5H3,(H,14,17)(H,15,18). The van der Waals surface area contributed by atoms with Crippen molar-refractivity contribution in [2.45, 2.75) is 47.1 Å². The van der Waals surface area contributed by atoms with Gasteiger partial charge in [-0.25, -0.2) is 0 Å². The van der Waals surface area contributed by atoms with E-state index in [4.69, 9.17) is 0 Å². The molecule has 5 nitrogen and oxygen atoms in total. The number of nitrogens with one attached hydrogen (secondary N) is 2. The summed E-state index contributed by atoms with van der Waals surface area (Å²) in [6, 6.07) is 0.198. The monoisotopic (exact) mass is 282 g/mol. The first-order valence-corrected chi connectivity index (χ1v) is 7.50. The summed E-state index contributed by atoms with van der Waals surface area (Å²) in [5.41, 5.74) is 0.271. The Morgan fingerprint density at radius 2 is 1.89 bits per heavy atom. The first-order chi connectivity index (χ1) is 8.80. The normalized spacial score (nSPS) is 20.1. The second-order valence-corrected chi connectivity index (χ2v) is 7.17. The lowest BCUT2D eigenvalue weighted by Gasteiger charge is -2.03. The number of anilines is 1. The predicted octanol–water partition coefficient (Wildman–Crippen LogP) is 2.52. The molecule has 0 aromatic carbocycles. The number of hydrogen-bond donors (Lipinski definition) is 2. The minimum Gasteiger partial charge on any atom is -0.360 e. The van der Waals surface area contributed by atoms with Crippen LogP contribution in [0.5, 0.6) is 0 Å². The van der Waals surface area contributed by atoms with Gasteiger partial charge in [-0.15, -0.1) is 10.2 Å². The minimum atomic E-state index is -0.120. The van der Waals surface area contributed by atoms with E-state index in [1.54, 1.807) is 0 Å². The molecule has 1 fully saturated rings. The molecule has 1 aromatic rings. The average Bonchev–Trinajstić information content (AvgIpc) is 2.76. The lowest BCUT2D eigenvalue weighted by molar-refractivity contribution is 0.0942. The second-order valence-electron chi connectivity index (χ2n) is 6.19. The molecule has 106 valence electrons. The van der Waals surface area contributed by atoms with E-state index in [1.807, 2.05) is 0 Å². The van der Waals surface area contributed by atoms with Crippen molar-refractivity contribution >= 4 is 22.4 Å². The van der Waals surface area contributed by atoms with E-state index in [0.29, 0.717) is 10.1 Å². The van der Waals surface area contributed by atoms with Gasteiger partial charge in [0.25, 0.3) is 5.91 Å². The third-order valence-corrected chi connectivity index (χ3v) is 5.32. The third kappa shape index (κ3) is 2.45. The third-order valence-electron chi connectivity index (χ3n) is 4.44. The van der Waals surface area contributed by atoms with Gasteiger partial charge in [-0.3, -0.25) is 4.79 Å². The smallest absolute Gasteiger partial charge is 0.282 e. The van der Waals surface area contributed by atoms with Crippen molar-refractivity contribution in [3.8, 4) is 0 Å². The van der Waals surface area contributed by atoms with Gasteiger partial charge in [0.05, 0.1) is 0 Å². The molecule has 1 amide bonds. The van der Waals surface area contributed by atoms with Crippen molar-refractivity contribution in [1.29, 1.82) is 0 Å². The maximum atomic E-state index is 12.1. The molecule has 1 saturated carbocycles. The zero-order valence-corrected chi connectivity index (χ0v) is 13.0. The number of aromatic nitrogens is 2. The van der Waals surface area contributed by atoms with Crippen LogP contribution >= 0.6 is 11.3 Å². The summed E-state index contributed by atoms with van der Waals surface area (Å²) in [7, 11) is 0. The Labute approximate surface area is 118 Å². The topological polar surface area (TPSA) is 66.9 Å². The number of amides is 1. The van der Waals surface area contributed by atoms with Crippen LogP contribution in [0.3, 0.4) is 0 Å². The summed E-state index contributed by atoms with van der Waals surface area (Å²) >= 11 is 1.31. The van der Waals surface area contributed by atoms with Gasteiger partial charge in [0, 0.05) is 12.6 Å². The molecule has 0 aliphatic heterocycles. The lowest BCUT2D eigenvalue weighted by Crippen LogP contribution is -2.29. The highest BCUT2D eigenvalue weighted by atomic mass is 32.1. The van der Waals surface area contributed by atoms with Crippen molar-refractivity contribution in [3.63, 3.8) is 0 Å². The Hall–Kier alpha value is -1.17. The maximum absolute atomic E-state index is 12.1. The number of carbonyl (C=O) groups is 1. The molecule has 19 heavy (non-hydrogen) atoms. The predicted molar refractivity (Wildman–Crippen MR) is 77.5 cm³/mol. The number of nitrogens with zero attached hydrogens (tertiary/aromatic N) is 2. The van der Waals surface area contributed by atoms with Crippen molar-refractivity contribution < 1.29 is 4.79 Å². The Bertz CT molecular complexity index is 467. The van der Waals surface area contributed by atoms with E-state index in [1.165, 1.54) is 11.3 Å². The van der Waals surface area contributed by atoms with Crippen LogP contribution in [0.15, 0.2) is 0 Å². The van der Waals surface area contributed by atoms with Crippen molar-refractivity contribution in [2.75, 3.05) is 11.9 Å². The number of carbonyl (C=O) groups excluding carboxylic acids is 1. The maximum Gasteiger partial charge on any atom is 0.282 e. The van der Waals surface area contributed by atoms with Crippen LogP contribution in [0.2, 0.25) is 0 Å². The SMILES string of the molecule is CCCNc1nnc(C(=O)NC2C(C)(C)C2(C)C)s1. The molecule has 0 atom stereocenters. The molecule has 1 aliphatic carbocycles. The quantitative estimate of drug-likeness (QED) is 0.871. The Morgan fingerprint density at radius 3 is 2.42 bits per heavy atom. The van der Waals surface area contributed by atoms with E-state index in [2.05, 4.69) is 55.4 Å². The van der Waals surface area contributed by atoms with Gasteiger partial charge in [-0.05, 0) is 17.3 Å². The summed E-state index contributed by atoms with van der Waals surface area (Å²) in [6.07, 6.45) is 1.02. The highest BCUT2D eigenvalue weighted by Gasteiger charge is 2.65. The van der Waals surface area contributed by atoms with Crippen LogP contribution in [0.1, 0.15) is 50.8 Å². The van der Waals surface area contributed by atoms with Crippen LogP contribution in [0, 0.1) is 10.8 Å². The number of hydrogen-bond acceptors (Lipinski definition) is 5. The van der Waals surface area contributed by atoms with Crippen LogP contribution in [-0.2, 0) is 0 Å². The van der Waals surface area contributed by atoms with Crippen molar-refractivity contribution in [1.82, 2.24) is 15.5 Å².